The van der Waals surface area contributed by atoms with Crippen molar-refractivity contribution in [2.24, 2.45) is 5.16 Å². The van der Waals surface area contributed by atoms with Crippen LogP contribution in [0.25, 0.3) is 0 Å². The first-order valence-corrected chi connectivity index (χ1v) is 11.2. The van der Waals surface area contributed by atoms with Crippen LogP contribution in [0, 0.1) is 6.92 Å². The Morgan fingerprint density at radius 3 is 2.62 bits per heavy atom. The summed E-state index contributed by atoms with van der Waals surface area (Å²) >= 11 is 1.35. The molecule has 1 aromatic heterocycles. The number of carbonyl (C=O) groups excluding carboxylic acids is 1. The molecule has 3 N–H and O–H groups in total. The number of allylic oxidation sites excluding steroid dienone is 2. The van der Waals surface area contributed by atoms with Gasteiger partial charge >= 0.3 is 0 Å². The van der Waals surface area contributed by atoms with Gasteiger partial charge in [0.05, 0.1) is 11.5 Å². The third kappa shape index (κ3) is 5.43. The Morgan fingerprint density at radius 2 is 2.07 bits per heavy atom. The summed E-state index contributed by atoms with van der Waals surface area (Å²) in [6.45, 7) is 3.98. The minimum atomic E-state index is -2.94. The predicted molar refractivity (Wildman–Crippen MR) is 115 cm³/mol. The van der Waals surface area contributed by atoms with Crippen molar-refractivity contribution >= 4 is 38.7 Å². The topological polar surface area (TPSA) is 113 Å². The fourth-order valence-electron chi connectivity index (χ4n) is 2.43. The Bertz CT molecular complexity index is 938. The second-order valence-corrected chi connectivity index (χ2v) is 9.82. The van der Waals surface area contributed by atoms with Crippen molar-refractivity contribution in [3.8, 4) is 0 Å². The highest BCUT2D eigenvalue weighted by atomic mass is 32.3. The molecule has 1 amide bonds. The van der Waals surface area contributed by atoms with Crippen LogP contribution < -0.4 is 5.32 Å². The number of nitrogens with zero attached hydrogens (tertiary/aromatic N) is 2. The van der Waals surface area contributed by atoms with Crippen LogP contribution in [0.4, 0.5) is 5.13 Å². The number of oxime groups is 1. The summed E-state index contributed by atoms with van der Waals surface area (Å²) in [4.78, 5) is 24.3. The molecule has 10 heteroatoms. The van der Waals surface area contributed by atoms with Crippen LogP contribution in [0.15, 0.2) is 51.5 Å². The van der Waals surface area contributed by atoms with E-state index in [-0.39, 0.29) is 11.8 Å². The van der Waals surface area contributed by atoms with Crippen molar-refractivity contribution in [2.75, 3.05) is 19.0 Å². The molecule has 0 bridgehead atoms. The van der Waals surface area contributed by atoms with Crippen molar-refractivity contribution < 1.29 is 23.5 Å². The van der Waals surface area contributed by atoms with Gasteiger partial charge in [0.1, 0.15) is 6.10 Å². The largest absolute Gasteiger partial charge is 0.390 e. The van der Waals surface area contributed by atoms with Gasteiger partial charge < -0.3 is 9.57 Å². The number of rotatable bonds is 9. The number of hydrogen-bond donors (Lipinski definition) is 3. The van der Waals surface area contributed by atoms with Crippen LogP contribution in [0.3, 0.4) is 0 Å². The molecule has 1 aliphatic carbocycles. The number of hydrogen-bond acceptors (Lipinski definition) is 8. The summed E-state index contributed by atoms with van der Waals surface area (Å²) in [6.07, 6.45) is 3.71. The number of thiazole rings is 1. The van der Waals surface area contributed by atoms with Crippen molar-refractivity contribution in [1.29, 1.82) is 0 Å². The molecule has 0 aliphatic heterocycles. The molecule has 29 heavy (non-hydrogen) atoms. The smallest absolute Gasteiger partial charge is 0.280 e. The number of amides is 1. The van der Waals surface area contributed by atoms with Crippen LogP contribution in [-0.2, 0) is 14.4 Å². The van der Waals surface area contributed by atoms with Crippen LogP contribution in [0.2, 0.25) is 0 Å². The SMILES string of the molecule is COC[C@@H](C)ON=C(C(=O)Nc1ncc(C)s1)c1ccc(S(O)(O)C2=CC2)cc1. The number of methoxy groups -OCH3 is 1. The van der Waals surface area contributed by atoms with Gasteiger partial charge in [-0.3, -0.25) is 19.2 Å². The van der Waals surface area contributed by atoms with Gasteiger partial charge in [0, 0.05) is 35.1 Å². The van der Waals surface area contributed by atoms with Gasteiger partial charge in [0.15, 0.2) is 10.8 Å². The average molecular weight is 438 g/mol. The van der Waals surface area contributed by atoms with Crippen LogP contribution in [-0.4, -0.2) is 45.5 Å². The predicted octanol–water partition coefficient (Wildman–Crippen LogP) is 4.24. The lowest BCUT2D eigenvalue weighted by atomic mass is 10.1. The number of nitrogens with one attached hydrogen (secondary N) is 1. The second-order valence-electron chi connectivity index (χ2n) is 6.49. The van der Waals surface area contributed by atoms with E-state index >= 15 is 0 Å². The lowest BCUT2D eigenvalue weighted by Gasteiger charge is -2.30. The molecule has 0 radical (unpaired) electrons. The number of carbonyl (C=O) groups is 1. The van der Waals surface area contributed by atoms with E-state index in [1.54, 1.807) is 50.6 Å². The highest BCUT2D eigenvalue weighted by molar-refractivity contribution is 8.27. The van der Waals surface area contributed by atoms with Gasteiger partial charge in [-0.1, -0.05) is 23.4 Å². The van der Waals surface area contributed by atoms with Crippen molar-refractivity contribution in [3.05, 3.63) is 51.9 Å². The van der Waals surface area contributed by atoms with Crippen LogP contribution in [0.5, 0.6) is 0 Å². The van der Waals surface area contributed by atoms with Gasteiger partial charge in [0.2, 0.25) is 0 Å². The van der Waals surface area contributed by atoms with E-state index in [2.05, 4.69) is 15.5 Å². The molecule has 0 fully saturated rings. The van der Waals surface area contributed by atoms with E-state index in [0.29, 0.717) is 33.5 Å². The number of benzene rings is 1. The summed E-state index contributed by atoms with van der Waals surface area (Å²) in [6, 6.07) is 6.39. The fraction of sp³-hybridized carbons (Fsp3) is 0.316. The molecule has 1 atom stereocenters. The normalized spacial score (nSPS) is 15.5. The number of aryl methyl sites for hydroxylation is 1. The van der Waals surface area contributed by atoms with E-state index in [9.17, 15) is 13.9 Å². The third-order valence-corrected chi connectivity index (χ3v) is 6.80. The maximum Gasteiger partial charge on any atom is 0.280 e. The average Bonchev–Trinajstić information content (AvgIpc) is 3.46. The van der Waals surface area contributed by atoms with Crippen LogP contribution in [0.1, 0.15) is 23.8 Å². The van der Waals surface area contributed by atoms with E-state index in [4.69, 9.17) is 9.57 Å². The van der Waals surface area contributed by atoms with E-state index < -0.39 is 16.5 Å². The quantitative estimate of drug-likeness (QED) is 0.399. The molecule has 0 unspecified atom stereocenters. The molecule has 1 heterocycles. The molecule has 8 nitrogen and oxygen atoms in total. The van der Waals surface area contributed by atoms with Gasteiger partial charge in [-0.2, -0.15) is 0 Å². The monoisotopic (exact) mass is 437 g/mol. The summed E-state index contributed by atoms with van der Waals surface area (Å²) in [7, 11) is -1.39. The molecule has 3 rings (SSSR count). The molecular weight excluding hydrogens is 414 g/mol. The van der Waals surface area contributed by atoms with Gasteiger partial charge in [-0.25, -0.2) is 4.98 Å². The first-order chi connectivity index (χ1) is 13.8. The highest BCUT2D eigenvalue weighted by Gasteiger charge is 2.27. The maximum absolute atomic E-state index is 12.8. The Hall–Kier alpha value is -2.24. The van der Waals surface area contributed by atoms with Gasteiger partial charge in [0.25, 0.3) is 5.91 Å². The molecular formula is C19H23N3O5S2. The van der Waals surface area contributed by atoms with E-state index in [0.717, 1.165) is 4.88 Å². The van der Waals surface area contributed by atoms with Gasteiger partial charge in [-0.15, -0.1) is 21.9 Å². The number of anilines is 1. The fourth-order valence-corrected chi connectivity index (χ4v) is 4.46. The lowest BCUT2D eigenvalue weighted by Crippen LogP contribution is -2.25. The number of aromatic nitrogens is 1. The second kappa shape index (κ2) is 9.06. The van der Waals surface area contributed by atoms with Crippen molar-refractivity contribution in [3.63, 3.8) is 0 Å². The van der Waals surface area contributed by atoms with E-state index in [1.807, 2.05) is 6.92 Å². The Kier molecular flexibility index (Phi) is 6.70. The molecule has 156 valence electrons. The minimum absolute atomic E-state index is 0.0504. The van der Waals surface area contributed by atoms with E-state index in [1.165, 1.54) is 11.3 Å². The molecule has 1 aliphatic rings. The standard InChI is InChI=1S/C19H23N3O5S2/c1-12(11-26-3)27-22-17(18(23)21-19-20-10-13(2)28-19)14-4-6-15(7-5-14)29(24,25)16-8-9-16/h4-8,10,12,24-25H,9,11H2,1-3H3,(H,20,21,23)/t12-/m1/s1. The molecule has 0 saturated carbocycles. The molecule has 0 spiro atoms. The van der Waals surface area contributed by atoms with Gasteiger partial charge in [-0.05, 0) is 26.0 Å². The molecule has 1 aromatic carbocycles. The minimum Gasteiger partial charge on any atom is -0.390 e. The summed E-state index contributed by atoms with van der Waals surface area (Å²) in [5.41, 5.74) is 0.526. The zero-order valence-electron chi connectivity index (χ0n) is 16.3. The summed E-state index contributed by atoms with van der Waals surface area (Å²) in [5.74, 6) is -0.478. The lowest BCUT2D eigenvalue weighted by molar-refractivity contribution is -0.110. The van der Waals surface area contributed by atoms with Crippen molar-refractivity contribution in [1.82, 2.24) is 4.98 Å². The van der Waals surface area contributed by atoms with Crippen LogP contribution >= 0.6 is 21.9 Å². The highest BCUT2D eigenvalue weighted by Crippen LogP contribution is 2.61. The Labute approximate surface area is 174 Å². The summed E-state index contributed by atoms with van der Waals surface area (Å²) < 4.78 is 25.6. The first kappa shape index (κ1) is 21.5. The zero-order valence-corrected chi connectivity index (χ0v) is 17.9. The molecule has 2 aromatic rings. The van der Waals surface area contributed by atoms with Crippen molar-refractivity contribution in [2.45, 2.75) is 31.3 Å². The summed E-state index contributed by atoms with van der Waals surface area (Å²) in [5, 5.41) is 7.20. The maximum atomic E-state index is 12.8. The first-order valence-electron chi connectivity index (χ1n) is 8.85. The Balaban J connectivity index is 1.84. The Morgan fingerprint density at radius 1 is 1.38 bits per heavy atom. The zero-order chi connectivity index (χ0) is 21.0. The third-order valence-electron chi connectivity index (χ3n) is 3.97. The number of ether oxygens (including phenoxy) is 1. The molecule has 0 saturated heterocycles.